The summed E-state index contributed by atoms with van der Waals surface area (Å²) in [7, 11) is 0. The molecule has 0 spiro atoms. The van der Waals surface area contributed by atoms with Crippen molar-refractivity contribution in [2.75, 3.05) is 37.6 Å². The van der Waals surface area contributed by atoms with E-state index < -0.39 is 11.6 Å². The predicted octanol–water partition coefficient (Wildman–Crippen LogP) is 4.44. The number of aryl methyl sites for hydroxylation is 1. The molecule has 1 aromatic heterocycles. The van der Waals surface area contributed by atoms with E-state index in [1.165, 1.54) is 12.5 Å². The van der Waals surface area contributed by atoms with Gasteiger partial charge in [0.2, 0.25) is 0 Å². The number of anilines is 1. The van der Waals surface area contributed by atoms with Crippen LogP contribution in [0.5, 0.6) is 0 Å². The fraction of sp³-hybridized carbons (Fsp3) is 0.500. The Kier molecular flexibility index (Phi) is 5.39. The van der Waals surface area contributed by atoms with Crippen LogP contribution in [0.1, 0.15) is 37.4 Å². The van der Waals surface area contributed by atoms with Gasteiger partial charge in [0.25, 0.3) is 0 Å². The minimum absolute atomic E-state index is 0.491. The van der Waals surface area contributed by atoms with Crippen LogP contribution >= 0.6 is 0 Å². The maximum Gasteiger partial charge on any atom is 0.133 e. The highest BCUT2D eigenvalue weighted by molar-refractivity contribution is 5.72. The van der Waals surface area contributed by atoms with E-state index in [0.717, 1.165) is 87.1 Å². The Labute approximate surface area is 160 Å². The van der Waals surface area contributed by atoms with Gasteiger partial charge in [0, 0.05) is 43.5 Å². The lowest BCUT2D eigenvalue weighted by molar-refractivity contribution is 0.270. The quantitative estimate of drug-likeness (QED) is 0.744. The number of rotatable bonds is 3. The molecular weight excluding hydrogens is 344 g/mol. The number of nitrogens with zero attached hydrogens (tertiary/aromatic N) is 3. The van der Waals surface area contributed by atoms with E-state index in [-0.39, 0.29) is 0 Å². The summed E-state index contributed by atoms with van der Waals surface area (Å²) in [5.41, 5.74) is 3.63. The van der Waals surface area contributed by atoms with Gasteiger partial charge >= 0.3 is 0 Å². The molecule has 3 nitrogen and oxygen atoms in total. The van der Waals surface area contributed by atoms with Crippen LogP contribution < -0.4 is 4.90 Å². The van der Waals surface area contributed by atoms with Crippen LogP contribution in [0.15, 0.2) is 24.3 Å². The van der Waals surface area contributed by atoms with E-state index in [1.54, 1.807) is 6.07 Å². The Morgan fingerprint density at radius 2 is 1.70 bits per heavy atom. The average Bonchev–Trinajstić information content (AvgIpc) is 2.93. The van der Waals surface area contributed by atoms with Gasteiger partial charge in [0.1, 0.15) is 17.5 Å². The van der Waals surface area contributed by atoms with Crippen LogP contribution in [-0.4, -0.2) is 42.6 Å². The first-order valence-electron chi connectivity index (χ1n) is 10.1. The molecular formula is C22H27F2N3. The minimum atomic E-state index is -0.535. The zero-order valence-electron chi connectivity index (χ0n) is 16.0. The summed E-state index contributed by atoms with van der Waals surface area (Å²) in [5, 5.41) is 0. The number of halogens is 2. The summed E-state index contributed by atoms with van der Waals surface area (Å²) in [6.07, 6.45) is 5.25. The zero-order chi connectivity index (χ0) is 18.8. The summed E-state index contributed by atoms with van der Waals surface area (Å²) >= 11 is 0. The second-order valence-corrected chi connectivity index (χ2v) is 7.56. The molecule has 144 valence electrons. The van der Waals surface area contributed by atoms with Crippen LogP contribution in [0.2, 0.25) is 0 Å². The van der Waals surface area contributed by atoms with Gasteiger partial charge in [0.15, 0.2) is 0 Å². The molecule has 0 amide bonds. The van der Waals surface area contributed by atoms with Gasteiger partial charge in [-0.1, -0.05) is 13.3 Å². The Morgan fingerprint density at radius 1 is 0.926 bits per heavy atom. The lowest BCUT2D eigenvalue weighted by atomic mass is 9.95. The van der Waals surface area contributed by atoms with Gasteiger partial charge < -0.3 is 9.80 Å². The van der Waals surface area contributed by atoms with Crippen molar-refractivity contribution in [1.29, 1.82) is 0 Å². The Balaban J connectivity index is 1.77. The fourth-order valence-electron chi connectivity index (χ4n) is 4.27. The monoisotopic (exact) mass is 371 g/mol. The van der Waals surface area contributed by atoms with Gasteiger partial charge in [-0.25, -0.2) is 13.8 Å². The number of piperazine rings is 1. The van der Waals surface area contributed by atoms with Gasteiger partial charge in [-0.05, 0) is 61.6 Å². The first kappa shape index (κ1) is 18.4. The zero-order valence-corrected chi connectivity index (χ0v) is 16.0. The number of likely N-dealkylation sites (N-methyl/N-ethyl adjacent to an activating group) is 1. The molecule has 2 aliphatic rings. The molecule has 5 heteroatoms. The molecule has 0 radical (unpaired) electrons. The average molecular weight is 371 g/mol. The molecule has 0 saturated carbocycles. The molecule has 27 heavy (non-hydrogen) atoms. The predicted molar refractivity (Wildman–Crippen MR) is 105 cm³/mol. The number of fused-ring (bicyclic) bond motifs is 1. The number of benzene rings is 1. The lowest BCUT2D eigenvalue weighted by Gasteiger charge is -2.35. The van der Waals surface area contributed by atoms with Crippen LogP contribution in [0.4, 0.5) is 14.6 Å². The molecule has 2 aromatic rings. The third kappa shape index (κ3) is 3.84. The van der Waals surface area contributed by atoms with Crippen molar-refractivity contribution in [2.45, 2.75) is 39.0 Å². The Morgan fingerprint density at radius 3 is 2.44 bits per heavy atom. The maximum atomic E-state index is 14.6. The fourth-order valence-corrected chi connectivity index (χ4v) is 4.27. The van der Waals surface area contributed by atoms with Crippen molar-refractivity contribution in [1.82, 2.24) is 9.88 Å². The summed E-state index contributed by atoms with van der Waals surface area (Å²) in [6.45, 7) is 7.17. The normalized spacial score (nSPS) is 18.3. The van der Waals surface area contributed by atoms with Crippen LogP contribution in [0.25, 0.3) is 11.1 Å². The van der Waals surface area contributed by atoms with Gasteiger partial charge in [0.05, 0.1) is 0 Å². The summed E-state index contributed by atoms with van der Waals surface area (Å²) in [6, 6.07) is 5.94. The van der Waals surface area contributed by atoms with Crippen molar-refractivity contribution in [3.63, 3.8) is 0 Å². The minimum Gasteiger partial charge on any atom is -0.354 e. The molecule has 1 aromatic carbocycles. The van der Waals surface area contributed by atoms with E-state index in [9.17, 15) is 8.78 Å². The number of hydrogen-bond acceptors (Lipinski definition) is 3. The van der Waals surface area contributed by atoms with E-state index in [0.29, 0.717) is 5.56 Å². The molecule has 4 rings (SSSR count). The molecule has 1 fully saturated rings. The number of pyridine rings is 1. The second kappa shape index (κ2) is 7.93. The molecule has 0 N–H and O–H groups in total. The molecule has 1 aliphatic heterocycles. The van der Waals surface area contributed by atoms with E-state index >= 15 is 0 Å². The van der Waals surface area contributed by atoms with Gasteiger partial charge in [-0.2, -0.15) is 0 Å². The highest BCUT2D eigenvalue weighted by Crippen LogP contribution is 2.35. The topological polar surface area (TPSA) is 19.4 Å². The standard InChI is InChI=1S/C22H27F2N3/c1-2-26-10-12-27(13-11-26)22-15-19(17-9-8-16(23)14-20(17)24)18-6-4-3-5-7-21(18)25-22/h8-9,14-15H,2-7,10-13H2,1H3. The van der Waals surface area contributed by atoms with Crippen molar-refractivity contribution in [2.24, 2.45) is 0 Å². The third-order valence-electron chi connectivity index (χ3n) is 5.90. The maximum absolute atomic E-state index is 14.6. The lowest BCUT2D eigenvalue weighted by Crippen LogP contribution is -2.46. The second-order valence-electron chi connectivity index (χ2n) is 7.56. The van der Waals surface area contributed by atoms with Crippen molar-refractivity contribution < 1.29 is 8.78 Å². The van der Waals surface area contributed by atoms with E-state index in [2.05, 4.69) is 16.7 Å². The molecule has 1 saturated heterocycles. The molecule has 0 unspecified atom stereocenters. The first-order valence-corrected chi connectivity index (χ1v) is 10.1. The van der Waals surface area contributed by atoms with Crippen LogP contribution in [0.3, 0.4) is 0 Å². The van der Waals surface area contributed by atoms with Gasteiger partial charge in [-0.3, -0.25) is 0 Å². The van der Waals surface area contributed by atoms with Gasteiger partial charge in [-0.15, -0.1) is 0 Å². The summed E-state index contributed by atoms with van der Waals surface area (Å²) in [4.78, 5) is 9.73. The third-order valence-corrected chi connectivity index (χ3v) is 5.90. The Hall–Kier alpha value is -2.01. The highest BCUT2D eigenvalue weighted by Gasteiger charge is 2.23. The van der Waals surface area contributed by atoms with Crippen LogP contribution in [-0.2, 0) is 12.8 Å². The SMILES string of the molecule is CCN1CCN(c2cc(-c3ccc(F)cc3F)c3c(n2)CCCCC3)CC1. The van der Waals surface area contributed by atoms with Crippen molar-refractivity contribution in [3.8, 4) is 11.1 Å². The summed E-state index contributed by atoms with van der Waals surface area (Å²) < 4.78 is 28.0. The molecule has 1 aliphatic carbocycles. The first-order chi connectivity index (χ1) is 13.2. The molecule has 2 heterocycles. The number of aromatic nitrogens is 1. The van der Waals surface area contributed by atoms with E-state index in [4.69, 9.17) is 4.98 Å². The largest absolute Gasteiger partial charge is 0.354 e. The van der Waals surface area contributed by atoms with Crippen molar-refractivity contribution >= 4 is 5.82 Å². The molecule has 0 bridgehead atoms. The molecule has 0 atom stereocenters. The highest BCUT2D eigenvalue weighted by atomic mass is 19.1. The Bertz CT molecular complexity index is 813. The van der Waals surface area contributed by atoms with Crippen LogP contribution in [0, 0.1) is 11.6 Å². The summed E-state index contributed by atoms with van der Waals surface area (Å²) in [5.74, 6) is -0.0909. The van der Waals surface area contributed by atoms with Crippen molar-refractivity contribution in [3.05, 3.63) is 47.2 Å². The smallest absolute Gasteiger partial charge is 0.133 e. The van der Waals surface area contributed by atoms with E-state index in [1.807, 2.05) is 6.07 Å². The number of hydrogen-bond donors (Lipinski definition) is 0.